The summed E-state index contributed by atoms with van der Waals surface area (Å²) in [7, 11) is 0. The van der Waals surface area contributed by atoms with Crippen LogP contribution in [0, 0.1) is 22.7 Å². The lowest BCUT2D eigenvalue weighted by atomic mass is 10.3. The summed E-state index contributed by atoms with van der Waals surface area (Å²) in [6.07, 6.45) is 0. The highest BCUT2D eigenvalue weighted by molar-refractivity contribution is 9.10. The zero-order valence-electron chi connectivity index (χ0n) is 5.37. The molecule has 0 saturated heterocycles. The average Bonchev–Trinajstić information content (AvgIpc) is 2.05. The normalized spacial score (nSPS) is 8.27. The summed E-state index contributed by atoms with van der Waals surface area (Å²) in [4.78, 5) is 3.74. The van der Waals surface area contributed by atoms with Gasteiger partial charge >= 0.3 is 0 Å². The minimum absolute atomic E-state index is 0.240. The molecule has 0 atom stereocenters. The summed E-state index contributed by atoms with van der Waals surface area (Å²) in [6.45, 7) is 0. The molecule has 1 rings (SSSR count). The third kappa shape index (κ3) is 1.54. The van der Waals surface area contributed by atoms with Gasteiger partial charge in [0.25, 0.3) is 0 Å². The number of hydrogen-bond acceptors (Lipinski definition) is 3. The van der Waals surface area contributed by atoms with E-state index in [0.717, 1.165) is 0 Å². The maximum atomic E-state index is 8.49. The molecular weight excluding hydrogens is 206 g/mol. The number of aromatic nitrogens is 1. The van der Waals surface area contributed by atoms with Gasteiger partial charge in [0.15, 0.2) is 5.69 Å². The molecule has 0 spiro atoms. The van der Waals surface area contributed by atoms with Crippen molar-refractivity contribution >= 4 is 15.9 Å². The van der Waals surface area contributed by atoms with Crippen molar-refractivity contribution in [3.05, 3.63) is 28.0 Å². The first-order chi connectivity index (χ1) is 5.27. The van der Waals surface area contributed by atoms with E-state index in [1.807, 2.05) is 12.1 Å². The fraction of sp³-hybridized carbons (Fsp3) is 0. The smallest absolute Gasteiger partial charge is 0.156 e. The molecule has 0 radical (unpaired) electrons. The second kappa shape index (κ2) is 3.14. The van der Waals surface area contributed by atoms with Crippen LogP contribution >= 0.6 is 15.9 Å². The predicted molar refractivity (Wildman–Crippen MR) is 41.4 cm³/mol. The van der Waals surface area contributed by atoms with Gasteiger partial charge < -0.3 is 0 Å². The van der Waals surface area contributed by atoms with Gasteiger partial charge in [-0.25, -0.2) is 4.98 Å². The van der Waals surface area contributed by atoms with E-state index < -0.39 is 0 Å². The molecule has 4 heteroatoms. The average molecular weight is 208 g/mol. The van der Waals surface area contributed by atoms with Crippen LogP contribution in [0.15, 0.2) is 16.6 Å². The van der Waals surface area contributed by atoms with Crippen LogP contribution in [0.3, 0.4) is 0 Å². The van der Waals surface area contributed by atoms with E-state index in [9.17, 15) is 0 Å². The largest absolute Gasteiger partial charge is 0.225 e. The molecule has 0 bridgehead atoms. The van der Waals surface area contributed by atoms with E-state index in [2.05, 4.69) is 20.9 Å². The predicted octanol–water partition coefficient (Wildman–Crippen LogP) is 1.59. The molecule has 1 heterocycles. The SMILES string of the molecule is N#Cc1ccc(Br)c(C#N)n1. The Balaban J connectivity index is 3.29. The molecule has 52 valence electrons. The molecule has 0 aliphatic carbocycles. The third-order valence-corrected chi connectivity index (χ3v) is 1.71. The molecule has 0 aliphatic heterocycles. The molecule has 1 aromatic rings. The Morgan fingerprint density at radius 2 is 2.00 bits per heavy atom. The molecule has 1 aromatic heterocycles. The number of rotatable bonds is 0. The third-order valence-electron chi connectivity index (χ3n) is 1.07. The van der Waals surface area contributed by atoms with Crippen LogP contribution in [0.1, 0.15) is 11.4 Å². The standard InChI is InChI=1S/C7H2BrN3/c8-6-2-1-5(3-9)11-7(6)4-10/h1-2H. The van der Waals surface area contributed by atoms with E-state index in [1.54, 1.807) is 12.1 Å². The van der Waals surface area contributed by atoms with E-state index in [1.165, 1.54) is 0 Å². The van der Waals surface area contributed by atoms with Gasteiger partial charge in [-0.2, -0.15) is 10.5 Å². The highest BCUT2D eigenvalue weighted by Crippen LogP contribution is 2.13. The molecular formula is C7H2BrN3. The van der Waals surface area contributed by atoms with E-state index >= 15 is 0 Å². The quantitative estimate of drug-likeness (QED) is 0.650. The minimum Gasteiger partial charge on any atom is -0.225 e. The zero-order chi connectivity index (χ0) is 8.27. The Morgan fingerprint density at radius 3 is 2.55 bits per heavy atom. The van der Waals surface area contributed by atoms with Crippen molar-refractivity contribution in [2.45, 2.75) is 0 Å². The molecule has 0 saturated carbocycles. The Morgan fingerprint density at radius 1 is 1.27 bits per heavy atom. The number of hydrogen-bond donors (Lipinski definition) is 0. The van der Waals surface area contributed by atoms with Crippen LogP contribution < -0.4 is 0 Å². The van der Waals surface area contributed by atoms with Crippen LogP contribution in [0.25, 0.3) is 0 Å². The molecule has 0 unspecified atom stereocenters. The highest BCUT2D eigenvalue weighted by Gasteiger charge is 2.00. The second-order valence-corrected chi connectivity index (χ2v) is 2.60. The first-order valence-corrected chi connectivity index (χ1v) is 3.54. The summed E-state index contributed by atoms with van der Waals surface area (Å²) in [6, 6.07) is 6.88. The van der Waals surface area contributed by atoms with Gasteiger partial charge in [-0.05, 0) is 28.1 Å². The Bertz CT molecular complexity index is 359. The highest BCUT2D eigenvalue weighted by atomic mass is 79.9. The van der Waals surface area contributed by atoms with Crippen molar-refractivity contribution in [1.29, 1.82) is 10.5 Å². The van der Waals surface area contributed by atoms with Gasteiger partial charge in [0.1, 0.15) is 17.8 Å². The Kier molecular flexibility index (Phi) is 2.20. The van der Waals surface area contributed by atoms with Crippen LogP contribution in [-0.4, -0.2) is 4.98 Å². The van der Waals surface area contributed by atoms with Gasteiger partial charge in [0.2, 0.25) is 0 Å². The summed E-state index contributed by atoms with van der Waals surface area (Å²) in [5.74, 6) is 0. The topological polar surface area (TPSA) is 60.5 Å². The van der Waals surface area contributed by atoms with Crippen molar-refractivity contribution in [1.82, 2.24) is 4.98 Å². The fourth-order valence-electron chi connectivity index (χ4n) is 0.583. The molecule has 0 amide bonds. The lowest BCUT2D eigenvalue weighted by molar-refractivity contribution is 1.20. The maximum Gasteiger partial charge on any atom is 0.156 e. The van der Waals surface area contributed by atoms with Crippen molar-refractivity contribution in [2.75, 3.05) is 0 Å². The Labute approximate surface area is 72.0 Å². The molecule has 0 aromatic carbocycles. The van der Waals surface area contributed by atoms with E-state index in [4.69, 9.17) is 10.5 Å². The van der Waals surface area contributed by atoms with Crippen LogP contribution in [0.4, 0.5) is 0 Å². The van der Waals surface area contributed by atoms with E-state index in [-0.39, 0.29) is 11.4 Å². The molecule has 0 aliphatic rings. The van der Waals surface area contributed by atoms with Gasteiger partial charge in [-0.1, -0.05) is 0 Å². The van der Waals surface area contributed by atoms with Gasteiger partial charge in [0, 0.05) is 0 Å². The van der Waals surface area contributed by atoms with Crippen LogP contribution in [0.2, 0.25) is 0 Å². The summed E-state index contributed by atoms with van der Waals surface area (Å²) < 4.78 is 0.610. The van der Waals surface area contributed by atoms with Crippen molar-refractivity contribution in [2.24, 2.45) is 0 Å². The summed E-state index contributed by atoms with van der Waals surface area (Å²) in [5.41, 5.74) is 0.494. The maximum absolute atomic E-state index is 8.49. The van der Waals surface area contributed by atoms with Gasteiger partial charge in [-0.3, -0.25) is 0 Å². The Hall–Kier alpha value is -1.39. The zero-order valence-corrected chi connectivity index (χ0v) is 6.96. The molecule has 0 N–H and O–H groups in total. The van der Waals surface area contributed by atoms with Gasteiger partial charge in [0.05, 0.1) is 4.47 Å². The van der Waals surface area contributed by atoms with Gasteiger partial charge in [-0.15, -0.1) is 0 Å². The first kappa shape index (κ1) is 7.71. The van der Waals surface area contributed by atoms with Crippen molar-refractivity contribution < 1.29 is 0 Å². The molecule has 3 nitrogen and oxygen atoms in total. The summed E-state index contributed by atoms with van der Waals surface area (Å²) >= 11 is 3.13. The van der Waals surface area contributed by atoms with Crippen LogP contribution in [-0.2, 0) is 0 Å². The molecule has 11 heavy (non-hydrogen) atoms. The van der Waals surface area contributed by atoms with Crippen molar-refractivity contribution in [3.63, 3.8) is 0 Å². The molecule has 0 fully saturated rings. The second-order valence-electron chi connectivity index (χ2n) is 1.75. The minimum atomic E-state index is 0.240. The number of pyridine rings is 1. The first-order valence-electron chi connectivity index (χ1n) is 2.74. The van der Waals surface area contributed by atoms with Crippen LogP contribution in [0.5, 0.6) is 0 Å². The number of nitrogens with zero attached hydrogens (tertiary/aromatic N) is 3. The number of halogens is 1. The van der Waals surface area contributed by atoms with E-state index in [0.29, 0.717) is 4.47 Å². The van der Waals surface area contributed by atoms with Crippen molar-refractivity contribution in [3.8, 4) is 12.1 Å². The lowest BCUT2D eigenvalue weighted by Crippen LogP contribution is -1.87. The lowest BCUT2D eigenvalue weighted by Gasteiger charge is -1.91. The number of nitriles is 2. The summed E-state index contributed by atoms with van der Waals surface area (Å²) in [5, 5.41) is 16.9. The fourth-order valence-corrected chi connectivity index (χ4v) is 0.892. The monoisotopic (exact) mass is 207 g/mol.